The number of aliphatic hydroxyl groups is 1. The zero-order valence-corrected chi connectivity index (χ0v) is 11.1. The predicted octanol–water partition coefficient (Wildman–Crippen LogP) is 2.53. The third-order valence-electron chi connectivity index (χ3n) is 2.95. The summed E-state index contributed by atoms with van der Waals surface area (Å²) in [6, 6.07) is 7.56. The highest BCUT2D eigenvalue weighted by atomic mass is 16.3. The molecule has 18 heavy (non-hydrogen) atoms. The Morgan fingerprint density at radius 1 is 1.33 bits per heavy atom. The molecule has 4 nitrogen and oxygen atoms in total. The van der Waals surface area contributed by atoms with Crippen LogP contribution >= 0.6 is 0 Å². The van der Waals surface area contributed by atoms with Crippen LogP contribution in [0.5, 0.6) is 0 Å². The number of amides is 2. The third-order valence-corrected chi connectivity index (χ3v) is 2.95. The molecule has 0 saturated heterocycles. The minimum absolute atomic E-state index is 0.0174. The summed E-state index contributed by atoms with van der Waals surface area (Å²) in [4.78, 5) is 11.8. The summed E-state index contributed by atoms with van der Waals surface area (Å²) in [5.41, 5.74) is 1.96. The maximum absolute atomic E-state index is 11.8. The molecule has 0 fully saturated rings. The third kappa shape index (κ3) is 4.37. The monoisotopic (exact) mass is 250 g/mol. The maximum atomic E-state index is 11.8. The van der Waals surface area contributed by atoms with Gasteiger partial charge in [0.1, 0.15) is 0 Å². The fraction of sp³-hybridized carbons (Fsp3) is 0.500. The van der Waals surface area contributed by atoms with Crippen molar-refractivity contribution in [3.8, 4) is 0 Å². The van der Waals surface area contributed by atoms with Crippen LogP contribution in [-0.4, -0.2) is 23.8 Å². The Bertz CT molecular complexity index is 380. The second-order valence-electron chi connectivity index (χ2n) is 4.23. The molecule has 0 saturated carbocycles. The molecule has 2 amide bonds. The SMILES string of the molecule is CCc1ccccc1NC(=O)NC(CC)CCO. The first-order valence-corrected chi connectivity index (χ1v) is 6.47. The maximum Gasteiger partial charge on any atom is 0.319 e. The van der Waals surface area contributed by atoms with Crippen molar-refractivity contribution in [3.63, 3.8) is 0 Å². The summed E-state index contributed by atoms with van der Waals surface area (Å²) >= 11 is 0. The van der Waals surface area contributed by atoms with E-state index in [9.17, 15) is 4.79 Å². The van der Waals surface area contributed by atoms with Crippen LogP contribution in [-0.2, 0) is 6.42 Å². The van der Waals surface area contributed by atoms with E-state index in [1.54, 1.807) is 0 Å². The molecule has 0 aliphatic heterocycles. The fourth-order valence-corrected chi connectivity index (χ4v) is 1.83. The van der Waals surface area contributed by atoms with Gasteiger partial charge in [0, 0.05) is 18.3 Å². The number of hydrogen-bond acceptors (Lipinski definition) is 2. The topological polar surface area (TPSA) is 61.4 Å². The van der Waals surface area contributed by atoms with Gasteiger partial charge in [-0.1, -0.05) is 32.0 Å². The number of aryl methyl sites for hydroxylation is 1. The van der Waals surface area contributed by atoms with Gasteiger partial charge in [-0.2, -0.15) is 0 Å². The van der Waals surface area contributed by atoms with Crippen LogP contribution in [0.15, 0.2) is 24.3 Å². The molecule has 0 spiro atoms. The quantitative estimate of drug-likeness (QED) is 0.726. The van der Waals surface area contributed by atoms with Gasteiger partial charge in [-0.05, 0) is 30.9 Å². The van der Waals surface area contributed by atoms with Crippen LogP contribution in [0, 0.1) is 0 Å². The van der Waals surface area contributed by atoms with Gasteiger partial charge in [0.15, 0.2) is 0 Å². The number of urea groups is 1. The van der Waals surface area contributed by atoms with E-state index in [1.807, 2.05) is 31.2 Å². The van der Waals surface area contributed by atoms with Crippen LogP contribution in [0.1, 0.15) is 32.3 Å². The van der Waals surface area contributed by atoms with Crippen molar-refractivity contribution in [2.75, 3.05) is 11.9 Å². The Labute approximate surface area is 108 Å². The molecule has 3 N–H and O–H groups in total. The molecule has 1 aromatic rings. The van der Waals surface area contributed by atoms with Crippen molar-refractivity contribution in [2.24, 2.45) is 0 Å². The van der Waals surface area contributed by atoms with Gasteiger partial charge in [0.25, 0.3) is 0 Å². The van der Waals surface area contributed by atoms with E-state index in [1.165, 1.54) is 0 Å². The first-order chi connectivity index (χ1) is 8.71. The number of carbonyl (C=O) groups is 1. The van der Waals surface area contributed by atoms with Crippen LogP contribution < -0.4 is 10.6 Å². The minimum Gasteiger partial charge on any atom is -0.396 e. The van der Waals surface area contributed by atoms with E-state index in [2.05, 4.69) is 17.6 Å². The highest BCUT2D eigenvalue weighted by Crippen LogP contribution is 2.15. The Hall–Kier alpha value is -1.55. The highest BCUT2D eigenvalue weighted by molar-refractivity contribution is 5.90. The molecule has 1 rings (SSSR count). The van der Waals surface area contributed by atoms with Gasteiger partial charge in [-0.25, -0.2) is 4.79 Å². The Morgan fingerprint density at radius 2 is 2.06 bits per heavy atom. The molecule has 100 valence electrons. The number of hydrogen-bond donors (Lipinski definition) is 3. The van der Waals surface area contributed by atoms with Gasteiger partial charge < -0.3 is 15.7 Å². The largest absolute Gasteiger partial charge is 0.396 e. The standard InChI is InChI=1S/C14H22N2O2/c1-3-11-7-5-6-8-13(11)16-14(18)15-12(4-2)9-10-17/h5-8,12,17H,3-4,9-10H2,1-2H3,(H2,15,16,18). The van der Waals surface area contributed by atoms with Gasteiger partial charge >= 0.3 is 6.03 Å². The predicted molar refractivity (Wildman–Crippen MR) is 73.8 cm³/mol. The lowest BCUT2D eigenvalue weighted by atomic mass is 10.1. The van der Waals surface area contributed by atoms with Gasteiger partial charge in [0.2, 0.25) is 0 Å². The lowest BCUT2D eigenvalue weighted by molar-refractivity contribution is 0.237. The lowest BCUT2D eigenvalue weighted by Crippen LogP contribution is -2.38. The van der Waals surface area contributed by atoms with Crippen molar-refractivity contribution >= 4 is 11.7 Å². The van der Waals surface area contributed by atoms with Crippen LogP contribution in [0.3, 0.4) is 0 Å². The molecule has 4 heteroatoms. The second kappa shape index (κ2) is 7.71. The smallest absolute Gasteiger partial charge is 0.319 e. The van der Waals surface area contributed by atoms with Crippen molar-refractivity contribution in [1.29, 1.82) is 0 Å². The van der Waals surface area contributed by atoms with E-state index < -0.39 is 0 Å². The number of nitrogens with one attached hydrogen (secondary N) is 2. The molecule has 1 unspecified atom stereocenters. The first-order valence-electron chi connectivity index (χ1n) is 6.47. The molecular formula is C14H22N2O2. The van der Waals surface area contributed by atoms with Crippen molar-refractivity contribution in [3.05, 3.63) is 29.8 Å². The van der Waals surface area contributed by atoms with E-state index >= 15 is 0 Å². The van der Waals surface area contributed by atoms with Gasteiger partial charge in [-0.15, -0.1) is 0 Å². The molecule has 1 aromatic carbocycles. The fourth-order valence-electron chi connectivity index (χ4n) is 1.83. The number of carbonyl (C=O) groups excluding carboxylic acids is 1. The van der Waals surface area contributed by atoms with Gasteiger partial charge in [0.05, 0.1) is 0 Å². The number of benzene rings is 1. The highest BCUT2D eigenvalue weighted by Gasteiger charge is 2.10. The summed E-state index contributed by atoms with van der Waals surface area (Å²) in [5.74, 6) is 0. The zero-order valence-electron chi connectivity index (χ0n) is 11.1. The number of anilines is 1. The lowest BCUT2D eigenvalue weighted by Gasteiger charge is -2.17. The number of rotatable bonds is 6. The van der Waals surface area contributed by atoms with Crippen molar-refractivity contribution in [1.82, 2.24) is 5.32 Å². The second-order valence-corrected chi connectivity index (χ2v) is 4.23. The van der Waals surface area contributed by atoms with E-state index in [-0.39, 0.29) is 18.7 Å². The van der Waals surface area contributed by atoms with E-state index in [4.69, 9.17) is 5.11 Å². The zero-order chi connectivity index (χ0) is 13.4. The average molecular weight is 250 g/mol. The summed E-state index contributed by atoms with van der Waals surface area (Å²) in [6.45, 7) is 4.13. The summed E-state index contributed by atoms with van der Waals surface area (Å²) in [6.07, 6.45) is 2.27. The number of aliphatic hydroxyl groups excluding tert-OH is 1. The number of para-hydroxylation sites is 1. The summed E-state index contributed by atoms with van der Waals surface area (Å²) in [7, 11) is 0. The Kier molecular flexibility index (Phi) is 6.22. The average Bonchev–Trinajstić information content (AvgIpc) is 2.38. The Morgan fingerprint density at radius 3 is 2.67 bits per heavy atom. The summed E-state index contributed by atoms with van der Waals surface area (Å²) in [5, 5.41) is 14.6. The molecule has 1 atom stereocenters. The molecule has 0 heterocycles. The van der Waals surface area contributed by atoms with Crippen LogP contribution in [0.4, 0.5) is 10.5 Å². The molecule has 0 bridgehead atoms. The molecular weight excluding hydrogens is 228 g/mol. The van der Waals surface area contributed by atoms with Crippen LogP contribution in [0.25, 0.3) is 0 Å². The molecule has 0 radical (unpaired) electrons. The normalized spacial score (nSPS) is 11.9. The minimum atomic E-state index is -0.212. The van der Waals surface area contributed by atoms with E-state index in [0.717, 1.165) is 24.1 Å². The first kappa shape index (κ1) is 14.5. The summed E-state index contributed by atoms with van der Waals surface area (Å²) < 4.78 is 0. The van der Waals surface area contributed by atoms with Crippen LogP contribution in [0.2, 0.25) is 0 Å². The van der Waals surface area contributed by atoms with Crippen molar-refractivity contribution < 1.29 is 9.90 Å². The molecule has 0 aliphatic rings. The van der Waals surface area contributed by atoms with Crippen molar-refractivity contribution in [2.45, 2.75) is 39.2 Å². The molecule has 0 aliphatic carbocycles. The molecule has 0 aromatic heterocycles. The van der Waals surface area contributed by atoms with E-state index in [0.29, 0.717) is 6.42 Å². The van der Waals surface area contributed by atoms with Gasteiger partial charge in [-0.3, -0.25) is 0 Å². The Balaban J connectivity index is 2.58.